The molecule has 0 amide bonds. The van der Waals surface area contributed by atoms with Crippen molar-refractivity contribution in [1.29, 1.82) is 0 Å². The lowest BCUT2D eigenvalue weighted by atomic mass is 9.82. The van der Waals surface area contributed by atoms with Gasteiger partial charge in [-0.25, -0.2) is 0 Å². The molecule has 1 aromatic rings. The molecule has 0 spiro atoms. The van der Waals surface area contributed by atoms with Crippen LogP contribution in [0.3, 0.4) is 0 Å². The van der Waals surface area contributed by atoms with Gasteiger partial charge >= 0.3 is 12.8 Å². The second-order valence-electron chi connectivity index (χ2n) is 4.57. The van der Waals surface area contributed by atoms with Crippen LogP contribution in [0.15, 0.2) is 24.3 Å². The molecule has 0 heterocycles. The fourth-order valence-corrected chi connectivity index (χ4v) is 1.43. The van der Waals surface area contributed by atoms with Crippen LogP contribution in [0.25, 0.3) is 0 Å². The van der Waals surface area contributed by atoms with Crippen molar-refractivity contribution in [2.45, 2.75) is 32.7 Å². The molecule has 1 rings (SSSR count). The first kappa shape index (κ1) is 15.7. The van der Waals surface area contributed by atoms with E-state index in [-0.39, 0.29) is 11.3 Å². The molecular weight excluding hydrogens is 271 g/mol. The van der Waals surface area contributed by atoms with Gasteiger partial charge in [0.25, 0.3) is 0 Å². The summed E-state index contributed by atoms with van der Waals surface area (Å²) in [6, 6.07) is 4.59. The van der Waals surface area contributed by atoms with Crippen molar-refractivity contribution in [2.75, 3.05) is 0 Å². The number of aliphatic hydroxyl groups is 1. The first-order valence-electron chi connectivity index (χ1n) is 5.35. The Bertz CT molecular complexity index is 428. The van der Waals surface area contributed by atoms with Crippen molar-refractivity contribution in [3.05, 3.63) is 29.8 Å². The number of hydrogen-bond acceptors (Lipinski definition) is 2. The maximum absolute atomic E-state index is 12.8. The molecule has 0 aliphatic carbocycles. The maximum atomic E-state index is 12.8. The number of ether oxygens (including phenoxy) is 1. The summed E-state index contributed by atoms with van der Waals surface area (Å²) in [5, 5.41) is 9.78. The minimum atomic E-state index is -4.63. The van der Waals surface area contributed by atoms with Gasteiger partial charge in [0.15, 0.2) is 0 Å². The van der Waals surface area contributed by atoms with Crippen molar-refractivity contribution in [3.8, 4) is 5.75 Å². The maximum Gasteiger partial charge on any atom is 0.396 e. The summed E-state index contributed by atoms with van der Waals surface area (Å²) < 4.78 is 66.4. The van der Waals surface area contributed by atoms with E-state index in [2.05, 4.69) is 4.74 Å². The highest BCUT2D eigenvalue weighted by molar-refractivity contribution is 5.31. The molecule has 1 atom stereocenters. The average Bonchev–Trinajstić information content (AvgIpc) is 2.25. The van der Waals surface area contributed by atoms with Crippen LogP contribution in [0.5, 0.6) is 5.75 Å². The van der Waals surface area contributed by atoms with Gasteiger partial charge in [0.1, 0.15) is 5.75 Å². The normalized spacial score (nSPS) is 14.6. The van der Waals surface area contributed by atoms with E-state index >= 15 is 0 Å². The third-order valence-corrected chi connectivity index (χ3v) is 2.81. The highest BCUT2D eigenvalue weighted by atomic mass is 19.4. The van der Waals surface area contributed by atoms with E-state index in [1.54, 1.807) is 0 Å². The van der Waals surface area contributed by atoms with Gasteiger partial charge in [-0.3, -0.25) is 0 Å². The van der Waals surface area contributed by atoms with Crippen molar-refractivity contribution in [2.24, 2.45) is 5.41 Å². The Morgan fingerprint density at radius 3 is 2.21 bits per heavy atom. The van der Waals surface area contributed by atoms with E-state index in [0.717, 1.165) is 19.9 Å². The Labute approximate surface area is 106 Å². The van der Waals surface area contributed by atoms with Crippen LogP contribution in [0.1, 0.15) is 25.5 Å². The summed E-state index contributed by atoms with van der Waals surface area (Å²) in [7, 11) is 0. The lowest BCUT2D eigenvalue weighted by Crippen LogP contribution is -2.37. The van der Waals surface area contributed by atoms with Crippen molar-refractivity contribution in [3.63, 3.8) is 0 Å². The fourth-order valence-electron chi connectivity index (χ4n) is 1.43. The number of alkyl halides is 5. The highest BCUT2D eigenvalue weighted by Gasteiger charge is 2.52. The number of hydrogen-bond donors (Lipinski definition) is 1. The monoisotopic (exact) mass is 284 g/mol. The summed E-state index contributed by atoms with van der Waals surface area (Å²) in [5.41, 5.74) is -2.54. The second kappa shape index (κ2) is 5.32. The molecule has 2 nitrogen and oxygen atoms in total. The van der Waals surface area contributed by atoms with Gasteiger partial charge in [-0.2, -0.15) is 22.0 Å². The molecule has 1 N–H and O–H groups in total. The molecule has 0 aliphatic rings. The fraction of sp³-hybridized carbons (Fsp3) is 0.500. The Morgan fingerprint density at radius 2 is 1.74 bits per heavy atom. The molecule has 0 radical (unpaired) electrons. The van der Waals surface area contributed by atoms with E-state index in [0.29, 0.717) is 0 Å². The van der Waals surface area contributed by atoms with Crippen LogP contribution >= 0.6 is 0 Å². The molecule has 0 fully saturated rings. The van der Waals surface area contributed by atoms with Crippen LogP contribution in [-0.4, -0.2) is 17.9 Å². The topological polar surface area (TPSA) is 29.5 Å². The van der Waals surface area contributed by atoms with E-state index in [4.69, 9.17) is 0 Å². The van der Waals surface area contributed by atoms with Gasteiger partial charge < -0.3 is 9.84 Å². The first-order valence-corrected chi connectivity index (χ1v) is 5.35. The van der Waals surface area contributed by atoms with E-state index < -0.39 is 24.3 Å². The van der Waals surface area contributed by atoms with Gasteiger partial charge in [0.2, 0.25) is 0 Å². The van der Waals surface area contributed by atoms with E-state index in [9.17, 15) is 27.1 Å². The molecule has 0 aliphatic heterocycles. The molecule has 7 heteroatoms. The lowest BCUT2D eigenvalue weighted by Gasteiger charge is -2.33. The molecule has 108 valence electrons. The average molecular weight is 284 g/mol. The minimum Gasteiger partial charge on any atom is -0.435 e. The lowest BCUT2D eigenvalue weighted by molar-refractivity contribution is -0.243. The molecule has 0 bridgehead atoms. The molecule has 1 aromatic carbocycles. The van der Waals surface area contributed by atoms with Crippen molar-refractivity contribution in [1.82, 2.24) is 0 Å². The molecular formula is C12H13F5O2. The Hall–Kier alpha value is -1.37. The van der Waals surface area contributed by atoms with E-state index in [1.165, 1.54) is 18.2 Å². The van der Waals surface area contributed by atoms with Crippen LogP contribution in [0.2, 0.25) is 0 Å². The summed E-state index contributed by atoms with van der Waals surface area (Å²) in [4.78, 5) is 0. The largest absolute Gasteiger partial charge is 0.435 e. The SMILES string of the molecule is CC(C)([C@@H](O)c1cccc(OC(F)F)c1)C(F)(F)F. The smallest absolute Gasteiger partial charge is 0.396 e. The third-order valence-electron chi connectivity index (χ3n) is 2.81. The molecule has 0 aromatic heterocycles. The summed E-state index contributed by atoms with van der Waals surface area (Å²) >= 11 is 0. The summed E-state index contributed by atoms with van der Waals surface area (Å²) in [6.45, 7) is -1.42. The van der Waals surface area contributed by atoms with Gasteiger partial charge in [-0.1, -0.05) is 12.1 Å². The Balaban J connectivity index is 3.03. The predicted octanol–water partition coefficient (Wildman–Crippen LogP) is 3.91. The molecule has 0 saturated heterocycles. The number of aliphatic hydroxyl groups excluding tert-OH is 1. The van der Waals surface area contributed by atoms with Crippen LogP contribution in [0, 0.1) is 5.41 Å². The summed E-state index contributed by atoms with van der Waals surface area (Å²) in [5.74, 6) is -0.301. The third kappa shape index (κ3) is 3.56. The van der Waals surface area contributed by atoms with Gasteiger partial charge in [0, 0.05) is 0 Å². The number of rotatable bonds is 4. The predicted molar refractivity (Wildman–Crippen MR) is 57.9 cm³/mol. The zero-order chi connectivity index (χ0) is 14.8. The summed E-state index contributed by atoms with van der Waals surface area (Å²) in [6.07, 6.45) is -6.51. The minimum absolute atomic E-state index is 0.138. The Kier molecular flexibility index (Phi) is 4.39. The van der Waals surface area contributed by atoms with Crippen LogP contribution in [-0.2, 0) is 0 Å². The quantitative estimate of drug-likeness (QED) is 0.849. The number of benzene rings is 1. The zero-order valence-electron chi connectivity index (χ0n) is 10.2. The highest BCUT2D eigenvalue weighted by Crippen LogP contribution is 2.47. The standard InChI is InChI=1S/C12H13F5O2/c1-11(2,12(15,16)17)9(18)7-4-3-5-8(6-7)19-10(13)14/h3-6,9-10,18H,1-2H3/t9-/m0/s1. The van der Waals surface area contributed by atoms with Gasteiger partial charge in [-0.05, 0) is 31.5 Å². The zero-order valence-corrected chi connectivity index (χ0v) is 10.2. The molecule has 0 saturated carbocycles. The molecule has 19 heavy (non-hydrogen) atoms. The van der Waals surface area contributed by atoms with Crippen LogP contribution < -0.4 is 4.74 Å². The van der Waals surface area contributed by atoms with Crippen LogP contribution in [0.4, 0.5) is 22.0 Å². The second-order valence-corrected chi connectivity index (χ2v) is 4.57. The van der Waals surface area contributed by atoms with Crippen molar-refractivity contribution < 1.29 is 31.8 Å². The van der Waals surface area contributed by atoms with Gasteiger partial charge in [0.05, 0.1) is 11.5 Å². The van der Waals surface area contributed by atoms with Gasteiger partial charge in [-0.15, -0.1) is 0 Å². The Morgan fingerprint density at radius 1 is 1.16 bits per heavy atom. The van der Waals surface area contributed by atoms with Crippen molar-refractivity contribution >= 4 is 0 Å². The number of halogens is 5. The van der Waals surface area contributed by atoms with E-state index in [1.807, 2.05) is 0 Å². The molecule has 0 unspecified atom stereocenters. The first-order chi connectivity index (χ1) is 8.55.